The summed E-state index contributed by atoms with van der Waals surface area (Å²) in [7, 11) is 1.77. The van der Waals surface area contributed by atoms with Crippen LogP contribution in [-0.4, -0.2) is 44.2 Å². The van der Waals surface area contributed by atoms with Crippen LogP contribution in [0.2, 0.25) is 0 Å². The smallest absolute Gasteiger partial charge is 0.122 e. The van der Waals surface area contributed by atoms with Gasteiger partial charge in [-0.2, -0.15) is 0 Å². The Labute approximate surface area is 128 Å². The van der Waals surface area contributed by atoms with Crippen molar-refractivity contribution in [1.82, 2.24) is 10.2 Å². The number of benzene rings is 1. The van der Waals surface area contributed by atoms with Crippen molar-refractivity contribution < 1.29 is 4.74 Å². The van der Waals surface area contributed by atoms with Gasteiger partial charge in [-0.05, 0) is 75.8 Å². The van der Waals surface area contributed by atoms with Crippen molar-refractivity contribution in [2.24, 2.45) is 0 Å². The molecular formula is C18H28N2O. The first-order chi connectivity index (χ1) is 10.4. The molecular weight excluding hydrogens is 260 g/mol. The molecule has 0 amide bonds. The minimum Gasteiger partial charge on any atom is -0.496 e. The van der Waals surface area contributed by atoms with Gasteiger partial charge < -0.3 is 15.0 Å². The predicted octanol–water partition coefficient (Wildman–Crippen LogP) is 3.02. The Balaban J connectivity index is 1.34. The Morgan fingerprint density at radius 1 is 1.19 bits per heavy atom. The number of nitrogens with zero attached hydrogens (tertiary/aromatic N) is 1. The molecule has 3 nitrogen and oxygen atoms in total. The lowest BCUT2D eigenvalue weighted by Crippen LogP contribution is -2.41. The molecule has 2 fully saturated rings. The monoisotopic (exact) mass is 288 g/mol. The quantitative estimate of drug-likeness (QED) is 0.781. The molecule has 0 bridgehead atoms. The van der Waals surface area contributed by atoms with Gasteiger partial charge in [0.15, 0.2) is 0 Å². The molecule has 0 radical (unpaired) electrons. The summed E-state index contributed by atoms with van der Waals surface area (Å²) in [4.78, 5) is 2.60. The summed E-state index contributed by atoms with van der Waals surface area (Å²) in [5.41, 5.74) is 1.38. The summed E-state index contributed by atoms with van der Waals surface area (Å²) in [6.45, 7) is 5.08. The molecule has 1 saturated carbocycles. The number of hydrogen-bond donors (Lipinski definition) is 1. The van der Waals surface area contributed by atoms with Gasteiger partial charge in [-0.25, -0.2) is 0 Å². The highest BCUT2D eigenvalue weighted by molar-refractivity contribution is 5.37. The van der Waals surface area contributed by atoms with E-state index in [2.05, 4.69) is 34.5 Å². The molecule has 1 aliphatic carbocycles. The molecule has 1 aromatic carbocycles. The van der Waals surface area contributed by atoms with Crippen molar-refractivity contribution in [2.75, 3.05) is 33.3 Å². The second-order valence-corrected chi connectivity index (χ2v) is 6.46. The average molecular weight is 288 g/mol. The Morgan fingerprint density at radius 3 is 2.71 bits per heavy atom. The van der Waals surface area contributed by atoms with E-state index in [1.807, 2.05) is 0 Å². The topological polar surface area (TPSA) is 24.5 Å². The Morgan fingerprint density at radius 2 is 1.95 bits per heavy atom. The number of ether oxygens (including phenoxy) is 1. The van der Waals surface area contributed by atoms with E-state index in [4.69, 9.17) is 4.74 Å². The molecule has 2 aliphatic rings. The molecule has 1 aromatic rings. The fourth-order valence-corrected chi connectivity index (χ4v) is 3.66. The van der Waals surface area contributed by atoms with Crippen LogP contribution >= 0.6 is 0 Å². The first kappa shape index (κ1) is 14.9. The number of methoxy groups -OCH3 is 1. The van der Waals surface area contributed by atoms with Crippen LogP contribution in [0.1, 0.15) is 43.6 Å². The van der Waals surface area contributed by atoms with Gasteiger partial charge in [-0.1, -0.05) is 18.2 Å². The van der Waals surface area contributed by atoms with Crippen LogP contribution in [0.3, 0.4) is 0 Å². The number of rotatable bonds is 7. The molecule has 1 saturated heterocycles. The Kier molecular flexibility index (Phi) is 5.15. The van der Waals surface area contributed by atoms with E-state index in [1.54, 1.807) is 7.11 Å². The number of nitrogens with one attached hydrogen (secondary N) is 1. The van der Waals surface area contributed by atoms with E-state index < -0.39 is 0 Å². The zero-order chi connectivity index (χ0) is 14.5. The van der Waals surface area contributed by atoms with Crippen LogP contribution in [0.4, 0.5) is 0 Å². The second-order valence-electron chi connectivity index (χ2n) is 6.46. The lowest BCUT2D eigenvalue weighted by molar-refractivity contribution is 0.272. The normalized spacial score (nSPS) is 25.8. The maximum Gasteiger partial charge on any atom is 0.122 e. The van der Waals surface area contributed by atoms with Crippen LogP contribution in [-0.2, 0) is 0 Å². The maximum absolute atomic E-state index is 5.47. The summed E-state index contributed by atoms with van der Waals surface area (Å²) in [6.07, 6.45) is 6.59. The van der Waals surface area contributed by atoms with Gasteiger partial charge in [0.25, 0.3) is 0 Å². The lowest BCUT2D eigenvalue weighted by atomic mass is 9.75. The van der Waals surface area contributed by atoms with Gasteiger partial charge >= 0.3 is 0 Å². The summed E-state index contributed by atoms with van der Waals surface area (Å²) in [6, 6.07) is 9.17. The van der Waals surface area contributed by atoms with Gasteiger partial charge in [0, 0.05) is 6.04 Å². The summed E-state index contributed by atoms with van der Waals surface area (Å²) < 4.78 is 5.47. The molecule has 3 rings (SSSR count). The first-order valence-corrected chi connectivity index (χ1v) is 8.45. The van der Waals surface area contributed by atoms with Gasteiger partial charge in [0.1, 0.15) is 5.75 Å². The van der Waals surface area contributed by atoms with Gasteiger partial charge in [-0.15, -0.1) is 0 Å². The lowest BCUT2D eigenvalue weighted by Gasteiger charge is -2.37. The highest BCUT2D eigenvalue weighted by atomic mass is 16.5. The SMILES string of the molecule is COc1ccccc1C1CC(NCCCN2CCCC2)C1. The van der Waals surface area contributed by atoms with Crippen LogP contribution in [0.15, 0.2) is 24.3 Å². The van der Waals surface area contributed by atoms with E-state index in [0.29, 0.717) is 12.0 Å². The van der Waals surface area contributed by atoms with Crippen LogP contribution in [0.25, 0.3) is 0 Å². The van der Waals surface area contributed by atoms with Crippen molar-refractivity contribution in [2.45, 2.75) is 44.1 Å². The zero-order valence-electron chi connectivity index (χ0n) is 13.2. The van der Waals surface area contributed by atoms with Crippen molar-refractivity contribution in [3.63, 3.8) is 0 Å². The molecule has 1 N–H and O–H groups in total. The number of para-hydroxylation sites is 1. The Hall–Kier alpha value is -1.06. The largest absolute Gasteiger partial charge is 0.496 e. The fraction of sp³-hybridized carbons (Fsp3) is 0.667. The standard InChI is InChI=1S/C18H28N2O/c1-21-18-8-3-2-7-17(18)15-13-16(14-15)19-9-6-12-20-10-4-5-11-20/h2-3,7-8,15-16,19H,4-6,9-14H2,1H3. The first-order valence-electron chi connectivity index (χ1n) is 8.45. The fourth-order valence-electron chi connectivity index (χ4n) is 3.66. The molecule has 1 heterocycles. The Bertz CT molecular complexity index is 437. The number of hydrogen-bond acceptors (Lipinski definition) is 3. The van der Waals surface area contributed by atoms with Crippen molar-refractivity contribution in [3.8, 4) is 5.75 Å². The minimum absolute atomic E-state index is 0.678. The highest BCUT2D eigenvalue weighted by Gasteiger charge is 2.31. The van der Waals surface area contributed by atoms with E-state index in [1.165, 1.54) is 63.8 Å². The summed E-state index contributed by atoms with van der Waals surface area (Å²) >= 11 is 0. The van der Waals surface area contributed by atoms with E-state index in [-0.39, 0.29) is 0 Å². The molecule has 3 heteroatoms. The third-order valence-corrected chi connectivity index (χ3v) is 5.00. The zero-order valence-corrected chi connectivity index (χ0v) is 13.2. The molecule has 21 heavy (non-hydrogen) atoms. The van der Waals surface area contributed by atoms with E-state index in [9.17, 15) is 0 Å². The summed E-state index contributed by atoms with van der Waals surface area (Å²) in [5.74, 6) is 1.73. The van der Waals surface area contributed by atoms with Crippen molar-refractivity contribution in [3.05, 3.63) is 29.8 Å². The maximum atomic E-state index is 5.47. The van der Waals surface area contributed by atoms with Crippen LogP contribution in [0.5, 0.6) is 5.75 Å². The second kappa shape index (κ2) is 7.28. The molecule has 0 unspecified atom stereocenters. The molecule has 116 valence electrons. The number of likely N-dealkylation sites (tertiary alicyclic amines) is 1. The highest BCUT2D eigenvalue weighted by Crippen LogP contribution is 2.40. The molecule has 0 atom stereocenters. The molecule has 0 spiro atoms. The predicted molar refractivity (Wildman–Crippen MR) is 87.1 cm³/mol. The van der Waals surface area contributed by atoms with Gasteiger partial charge in [0.2, 0.25) is 0 Å². The third kappa shape index (κ3) is 3.78. The average Bonchev–Trinajstić information content (AvgIpc) is 2.98. The third-order valence-electron chi connectivity index (χ3n) is 5.00. The molecule has 0 aromatic heterocycles. The van der Waals surface area contributed by atoms with Crippen molar-refractivity contribution >= 4 is 0 Å². The summed E-state index contributed by atoms with van der Waals surface area (Å²) in [5, 5.41) is 3.71. The van der Waals surface area contributed by atoms with Gasteiger partial charge in [0.05, 0.1) is 7.11 Å². The van der Waals surface area contributed by atoms with Gasteiger partial charge in [-0.3, -0.25) is 0 Å². The minimum atomic E-state index is 0.678. The van der Waals surface area contributed by atoms with Crippen LogP contribution < -0.4 is 10.1 Å². The van der Waals surface area contributed by atoms with E-state index in [0.717, 1.165) is 5.75 Å². The molecule has 1 aliphatic heterocycles. The van der Waals surface area contributed by atoms with Crippen molar-refractivity contribution in [1.29, 1.82) is 0 Å². The van der Waals surface area contributed by atoms with Crippen LogP contribution in [0, 0.1) is 0 Å². The van der Waals surface area contributed by atoms with E-state index >= 15 is 0 Å².